The van der Waals surface area contributed by atoms with Crippen LogP contribution < -0.4 is 5.32 Å². The highest BCUT2D eigenvalue weighted by molar-refractivity contribution is 4.77. The summed E-state index contributed by atoms with van der Waals surface area (Å²) in [5.74, 6) is 0.746. The monoisotopic (exact) mass is 229 g/mol. The van der Waals surface area contributed by atoms with Gasteiger partial charge in [-0.2, -0.15) is 0 Å². The van der Waals surface area contributed by atoms with E-state index in [1.807, 2.05) is 0 Å². The first-order chi connectivity index (χ1) is 7.72. The van der Waals surface area contributed by atoms with Crippen LogP contribution in [0.2, 0.25) is 0 Å². The van der Waals surface area contributed by atoms with Gasteiger partial charge in [-0.3, -0.25) is 0 Å². The third-order valence-electron chi connectivity index (χ3n) is 3.13. The first-order valence-corrected chi connectivity index (χ1v) is 6.56. The molecule has 16 heavy (non-hydrogen) atoms. The molecule has 0 aliphatic heterocycles. The number of nitrogens with one attached hydrogen (secondary N) is 1. The second kappa shape index (κ2) is 8.04. The normalized spacial score (nSPS) is 26.2. The molecule has 0 aromatic heterocycles. The Morgan fingerprint density at radius 2 is 1.81 bits per heavy atom. The molecular weight excluding hydrogens is 202 g/mol. The molecule has 0 radical (unpaired) electrons. The summed E-state index contributed by atoms with van der Waals surface area (Å²) in [7, 11) is 1.72. The van der Waals surface area contributed by atoms with Crippen molar-refractivity contribution in [2.45, 2.75) is 51.7 Å². The smallest absolute Gasteiger partial charge is 0.0704 e. The van der Waals surface area contributed by atoms with E-state index >= 15 is 0 Å². The highest BCUT2D eigenvalue weighted by Crippen LogP contribution is 2.21. The quantitative estimate of drug-likeness (QED) is 0.679. The van der Waals surface area contributed by atoms with Crippen molar-refractivity contribution < 1.29 is 9.47 Å². The van der Waals surface area contributed by atoms with Crippen molar-refractivity contribution in [3.05, 3.63) is 0 Å². The second-order valence-electron chi connectivity index (χ2n) is 5.14. The first kappa shape index (κ1) is 13.9. The molecule has 0 aromatic carbocycles. The van der Waals surface area contributed by atoms with Gasteiger partial charge in [0.1, 0.15) is 0 Å². The van der Waals surface area contributed by atoms with Crippen LogP contribution in [0.4, 0.5) is 0 Å². The Balaban J connectivity index is 2.04. The van der Waals surface area contributed by atoms with Crippen LogP contribution in [-0.2, 0) is 9.47 Å². The van der Waals surface area contributed by atoms with Gasteiger partial charge in [0.25, 0.3) is 0 Å². The maximum atomic E-state index is 5.74. The topological polar surface area (TPSA) is 30.5 Å². The second-order valence-corrected chi connectivity index (χ2v) is 5.14. The third-order valence-corrected chi connectivity index (χ3v) is 3.13. The van der Waals surface area contributed by atoms with Gasteiger partial charge in [-0.15, -0.1) is 0 Å². The summed E-state index contributed by atoms with van der Waals surface area (Å²) >= 11 is 0. The van der Waals surface area contributed by atoms with E-state index in [1.165, 1.54) is 25.7 Å². The van der Waals surface area contributed by atoms with Crippen LogP contribution >= 0.6 is 0 Å². The van der Waals surface area contributed by atoms with Gasteiger partial charge in [0, 0.05) is 13.2 Å². The standard InChI is InChI=1S/C13H27NO2/c1-11(2)10-14-12-4-6-13(7-5-12)16-9-8-15-3/h11-14H,4-10H2,1-3H3/t12-,13+. The largest absolute Gasteiger partial charge is 0.382 e. The number of rotatable bonds is 7. The van der Waals surface area contributed by atoms with E-state index in [-0.39, 0.29) is 0 Å². The van der Waals surface area contributed by atoms with E-state index in [1.54, 1.807) is 7.11 Å². The SMILES string of the molecule is COCCO[C@H]1CC[C@@H](NCC(C)C)CC1. The molecule has 1 aliphatic rings. The van der Waals surface area contributed by atoms with Crippen LogP contribution in [0.25, 0.3) is 0 Å². The van der Waals surface area contributed by atoms with E-state index in [9.17, 15) is 0 Å². The van der Waals surface area contributed by atoms with Crippen molar-refractivity contribution >= 4 is 0 Å². The molecule has 1 aliphatic carbocycles. The molecule has 0 unspecified atom stereocenters. The predicted octanol–water partition coefficient (Wildman–Crippen LogP) is 2.21. The van der Waals surface area contributed by atoms with E-state index in [4.69, 9.17) is 9.47 Å². The lowest BCUT2D eigenvalue weighted by atomic mass is 9.92. The van der Waals surface area contributed by atoms with Crippen LogP contribution in [0.5, 0.6) is 0 Å². The zero-order chi connectivity index (χ0) is 11.8. The average Bonchev–Trinajstić information content (AvgIpc) is 2.28. The van der Waals surface area contributed by atoms with Crippen molar-refractivity contribution in [2.24, 2.45) is 5.92 Å². The summed E-state index contributed by atoms with van der Waals surface area (Å²) in [6.07, 6.45) is 5.36. The molecule has 1 N–H and O–H groups in total. The average molecular weight is 229 g/mol. The van der Waals surface area contributed by atoms with Gasteiger partial charge in [-0.25, -0.2) is 0 Å². The minimum absolute atomic E-state index is 0.465. The van der Waals surface area contributed by atoms with Crippen molar-refractivity contribution in [1.82, 2.24) is 5.32 Å². The summed E-state index contributed by atoms with van der Waals surface area (Å²) in [4.78, 5) is 0. The molecule has 0 heterocycles. The third kappa shape index (κ3) is 5.83. The Hall–Kier alpha value is -0.120. The van der Waals surface area contributed by atoms with E-state index in [0.29, 0.717) is 18.8 Å². The van der Waals surface area contributed by atoms with Gasteiger partial charge in [0.2, 0.25) is 0 Å². The highest BCUT2D eigenvalue weighted by Gasteiger charge is 2.21. The lowest BCUT2D eigenvalue weighted by molar-refractivity contribution is -0.00434. The highest BCUT2D eigenvalue weighted by atomic mass is 16.5. The maximum Gasteiger partial charge on any atom is 0.0704 e. The fourth-order valence-electron chi connectivity index (χ4n) is 2.13. The van der Waals surface area contributed by atoms with Gasteiger partial charge in [-0.1, -0.05) is 13.8 Å². The predicted molar refractivity (Wildman–Crippen MR) is 66.7 cm³/mol. The molecule has 0 atom stereocenters. The fourth-order valence-corrected chi connectivity index (χ4v) is 2.13. The number of methoxy groups -OCH3 is 1. The Labute approximate surface area is 99.9 Å². The van der Waals surface area contributed by atoms with Crippen molar-refractivity contribution in [1.29, 1.82) is 0 Å². The number of hydrogen-bond acceptors (Lipinski definition) is 3. The summed E-state index contributed by atoms with van der Waals surface area (Å²) in [6, 6.07) is 0.713. The zero-order valence-corrected chi connectivity index (χ0v) is 11.0. The minimum atomic E-state index is 0.465. The van der Waals surface area contributed by atoms with Crippen molar-refractivity contribution in [3.63, 3.8) is 0 Å². The van der Waals surface area contributed by atoms with E-state index in [2.05, 4.69) is 19.2 Å². The lowest BCUT2D eigenvalue weighted by Crippen LogP contribution is -2.37. The molecule has 3 nitrogen and oxygen atoms in total. The van der Waals surface area contributed by atoms with Gasteiger partial charge in [0.15, 0.2) is 0 Å². The summed E-state index contributed by atoms with van der Waals surface area (Å²) in [5.41, 5.74) is 0. The molecule has 0 saturated heterocycles. The van der Waals surface area contributed by atoms with Gasteiger partial charge < -0.3 is 14.8 Å². The molecule has 0 amide bonds. The maximum absolute atomic E-state index is 5.74. The molecule has 1 fully saturated rings. The Morgan fingerprint density at radius 1 is 1.12 bits per heavy atom. The molecule has 96 valence electrons. The lowest BCUT2D eigenvalue weighted by Gasteiger charge is -2.29. The summed E-state index contributed by atoms with van der Waals surface area (Å²) in [5, 5.41) is 3.63. The Kier molecular flexibility index (Phi) is 7.01. The summed E-state index contributed by atoms with van der Waals surface area (Å²) in [6.45, 7) is 7.11. The van der Waals surface area contributed by atoms with Crippen molar-refractivity contribution in [3.8, 4) is 0 Å². The summed E-state index contributed by atoms with van der Waals surface area (Å²) < 4.78 is 10.7. The van der Waals surface area contributed by atoms with Gasteiger partial charge >= 0.3 is 0 Å². The van der Waals surface area contributed by atoms with E-state index < -0.39 is 0 Å². The molecule has 0 bridgehead atoms. The fraction of sp³-hybridized carbons (Fsp3) is 1.00. The molecule has 0 aromatic rings. The Morgan fingerprint density at radius 3 is 2.38 bits per heavy atom. The minimum Gasteiger partial charge on any atom is -0.382 e. The van der Waals surface area contributed by atoms with Crippen molar-refractivity contribution in [2.75, 3.05) is 26.9 Å². The molecule has 3 heteroatoms. The van der Waals surface area contributed by atoms with Gasteiger partial charge in [-0.05, 0) is 38.1 Å². The molecule has 1 rings (SSSR count). The van der Waals surface area contributed by atoms with Crippen LogP contribution in [-0.4, -0.2) is 39.0 Å². The molecular formula is C13H27NO2. The zero-order valence-electron chi connectivity index (χ0n) is 11.0. The molecule has 0 spiro atoms. The van der Waals surface area contributed by atoms with Crippen LogP contribution in [0.3, 0.4) is 0 Å². The first-order valence-electron chi connectivity index (χ1n) is 6.56. The van der Waals surface area contributed by atoms with Gasteiger partial charge in [0.05, 0.1) is 19.3 Å². The van der Waals surface area contributed by atoms with E-state index in [0.717, 1.165) is 19.1 Å². The number of ether oxygens (including phenoxy) is 2. The Bertz CT molecular complexity index is 165. The van der Waals surface area contributed by atoms with Crippen LogP contribution in [0, 0.1) is 5.92 Å². The number of hydrogen-bond donors (Lipinski definition) is 1. The molecule has 1 saturated carbocycles. The van der Waals surface area contributed by atoms with Crippen LogP contribution in [0.1, 0.15) is 39.5 Å². The van der Waals surface area contributed by atoms with Crippen LogP contribution in [0.15, 0.2) is 0 Å².